The molecule has 270 valence electrons. The van der Waals surface area contributed by atoms with Crippen LogP contribution in [-0.2, 0) is 14.3 Å². The lowest BCUT2D eigenvalue weighted by Gasteiger charge is -2.30. The number of H-pyrrole nitrogens is 2. The van der Waals surface area contributed by atoms with E-state index in [2.05, 4.69) is 92.9 Å². The van der Waals surface area contributed by atoms with Gasteiger partial charge in [-0.25, -0.2) is 14.8 Å². The van der Waals surface area contributed by atoms with Gasteiger partial charge in [-0.3, -0.25) is 9.59 Å². The van der Waals surface area contributed by atoms with Crippen LogP contribution in [0.2, 0.25) is 0 Å². The lowest BCUT2D eigenvalue weighted by Crippen LogP contribution is -2.51. The minimum Gasteiger partial charge on any atom is -0.453 e. The average molecular weight is 695 g/mol. The van der Waals surface area contributed by atoms with E-state index < -0.39 is 12.1 Å². The first kappa shape index (κ1) is 35.8. The maximum absolute atomic E-state index is 13.5. The number of hydrogen-bond donors (Lipinski definition) is 4. The number of likely N-dealkylation sites (tertiary alicyclic amines) is 2. The van der Waals surface area contributed by atoms with E-state index >= 15 is 0 Å². The summed E-state index contributed by atoms with van der Waals surface area (Å²) < 4.78 is 4.75. The van der Waals surface area contributed by atoms with E-state index in [0.29, 0.717) is 19.1 Å². The van der Waals surface area contributed by atoms with Gasteiger partial charge in [-0.2, -0.15) is 0 Å². The van der Waals surface area contributed by atoms with Crippen LogP contribution in [0.5, 0.6) is 0 Å². The zero-order valence-corrected chi connectivity index (χ0v) is 30.2. The van der Waals surface area contributed by atoms with Crippen molar-refractivity contribution in [2.24, 2.45) is 5.92 Å². The van der Waals surface area contributed by atoms with E-state index in [-0.39, 0.29) is 29.8 Å². The van der Waals surface area contributed by atoms with Crippen LogP contribution < -0.4 is 10.6 Å². The summed E-state index contributed by atoms with van der Waals surface area (Å²) in [5, 5.41) is 6.02. The number of imidazole rings is 2. The molecule has 6 rings (SSSR count). The molecule has 12 nitrogen and oxygen atoms in total. The van der Waals surface area contributed by atoms with Crippen molar-refractivity contribution in [3.05, 3.63) is 72.6 Å². The van der Waals surface area contributed by atoms with Crippen LogP contribution in [0.3, 0.4) is 0 Å². The van der Waals surface area contributed by atoms with E-state index in [1.807, 2.05) is 36.0 Å². The van der Waals surface area contributed by atoms with Crippen LogP contribution in [0.25, 0.3) is 33.6 Å². The number of hydrogen-bond acceptors (Lipinski definition) is 7. The largest absolute Gasteiger partial charge is 0.453 e. The molecule has 12 heteroatoms. The maximum Gasteiger partial charge on any atom is 0.407 e. The average Bonchev–Trinajstić information content (AvgIpc) is 3.99. The summed E-state index contributed by atoms with van der Waals surface area (Å²) in [6, 6.07) is 16.2. The van der Waals surface area contributed by atoms with Gasteiger partial charge < -0.3 is 35.1 Å². The van der Waals surface area contributed by atoms with Gasteiger partial charge in [0.15, 0.2) is 0 Å². The number of carbonyl (C=O) groups excluding carboxylic acids is 3. The Kier molecular flexibility index (Phi) is 11.2. The number of nitrogens with zero attached hydrogens (tertiary/aromatic N) is 4. The van der Waals surface area contributed by atoms with Crippen molar-refractivity contribution >= 4 is 17.9 Å². The highest BCUT2D eigenvalue weighted by Gasteiger charge is 2.37. The molecule has 2 aliphatic rings. The third-order valence-electron chi connectivity index (χ3n) is 10.3. The third kappa shape index (κ3) is 8.01. The normalized spacial score (nSPS) is 18.6. The Labute approximate surface area is 299 Å². The number of nitrogens with one attached hydrogen (secondary N) is 4. The first-order valence-corrected chi connectivity index (χ1v) is 18.2. The summed E-state index contributed by atoms with van der Waals surface area (Å²) in [6.07, 6.45) is 7.59. The summed E-state index contributed by atoms with van der Waals surface area (Å²) >= 11 is 0. The highest BCUT2D eigenvalue weighted by molar-refractivity contribution is 5.86. The summed E-state index contributed by atoms with van der Waals surface area (Å²) in [4.78, 5) is 58.4. The molecule has 2 aromatic carbocycles. The quantitative estimate of drug-likeness (QED) is 0.137. The van der Waals surface area contributed by atoms with E-state index in [0.717, 1.165) is 83.9 Å². The molecule has 0 spiro atoms. The van der Waals surface area contributed by atoms with Crippen molar-refractivity contribution in [2.45, 2.75) is 84.0 Å². The fourth-order valence-electron chi connectivity index (χ4n) is 7.04. The summed E-state index contributed by atoms with van der Waals surface area (Å²) in [7, 11) is 1.30. The predicted octanol–water partition coefficient (Wildman–Crippen LogP) is 6.23. The molecule has 3 amide bonds. The van der Waals surface area contributed by atoms with E-state index in [4.69, 9.17) is 4.74 Å². The van der Waals surface area contributed by atoms with Gasteiger partial charge in [-0.1, -0.05) is 69.3 Å². The number of benzene rings is 2. The van der Waals surface area contributed by atoms with Crippen LogP contribution in [0.4, 0.5) is 4.79 Å². The molecular weight excluding hydrogens is 644 g/mol. The second-order valence-electron chi connectivity index (χ2n) is 14.0. The number of aromatic amines is 2. The Morgan fingerprint density at radius 3 is 1.78 bits per heavy atom. The Morgan fingerprint density at radius 2 is 1.29 bits per heavy atom. The molecule has 0 bridgehead atoms. The number of methoxy groups -OCH3 is 1. The second kappa shape index (κ2) is 15.9. The number of ether oxygens (including phenoxy) is 1. The summed E-state index contributed by atoms with van der Waals surface area (Å²) in [5.41, 5.74) is 6.03. The highest BCUT2D eigenvalue weighted by atomic mass is 16.5. The molecule has 51 heavy (non-hydrogen) atoms. The van der Waals surface area contributed by atoms with Crippen molar-refractivity contribution in [3.8, 4) is 33.6 Å². The zero-order valence-electron chi connectivity index (χ0n) is 30.2. The molecule has 2 fully saturated rings. The molecule has 4 N–H and O–H groups in total. The second-order valence-corrected chi connectivity index (χ2v) is 14.0. The molecule has 2 aliphatic heterocycles. The summed E-state index contributed by atoms with van der Waals surface area (Å²) in [5.74, 6) is 1.48. The topological polar surface area (TPSA) is 148 Å². The maximum atomic E-state index is 13.5. The van der Waals surface area contributed by atoms with Crippen molar-refractivity contribution < 1.29 is 19.1 Å². The van der Waals surface area contributed by atoms with E-state index in [9.17, 15) is 14.4 Å². The third-order valence-corrected chi connectivity index (χ3v) is 10.3. The lowest BCUT2D eigenvalue weighted by molar-refractivity contribution is -0.135. The van der Waals surface area contributed by atoms with Crippen molar-refractivity contribution in [2.75, 3.05) is 26.7 Å². The minimum absolute atomic E-state index is 0.0270. The van der Waals surface area contributed by atoms with Crippen LogP contribution in [0.15, 0.2) is 60.9 Å². The molecule has 2 unspecified atom stereocenters. The van der Waals surface area contributed by atoms with Crippen molar-refractivity contribution in [3.63, 3.8) is 0 Å². The highest BCUT2D eigenvalue weighted by Crippen LogP contribution is 2.34. The lowest BCUT2D eigenvalue weighted by atomic mass is 10.0. The molecule has 2 saturated heterocycles. The fraction of sp³-hybridized carbons (Fsp3) is 0.462. The van der Waals surface area contributed by atoms with Crippen LogP contribution in [0, 0.1) is 5.92 Å². The van der Waals surface area contributed by atoms with Crippen LogP contribution >= 0.6 is 0 Å². The zero-order chi connectivity index (χ0) is 36.1. The first-order chi connectivity index (χ1) is 24.7. The molecule has 4 aromatic rings. The molecule has 0 saturated carbocycles. The van der Waals surface area contributed by atoms with Crippen molar-refractivity contribution in [1.29, 1.82) is 0 Å². The number of rotatable bonds is 12. The predicted molar refractivity (Wildman–Crippen MR) is 196 cm³/mol. The van der Waals surface area contributed by atoms with Gasteiger partial charge >= 0.3 is 6.09 Å². The van der Waals surface area contributed by atoms with E-state index in [1.54, 1.807) is 0 Å². The Morgan fingerprint density at radius 1 is 0.804 bits per heavy atom. The Balaban J connectivity index is 1.09. The van der Waals surface area contributed by atoms with Gasteiger partial charge in [0, 0.05) is 19.1 Å². The number of amides is 3. The van der Waals surface area contributed by atoms with Gasteiger partial charge in [-0.05, 0) is 67.2 Å². The van der Waals surface area contributed by atoms with Crippen molar-refractivity contribution in [1.82, 2.24) is 40.4 Å². The standard InChI is InChI=1S/C39H50N8O4/c1-6-25(4)40-23-34(48)46-19-7-9-32(46)36-41-21-30(43-36)28-15-11-26(12-16-28)27-13-17-29(18-14-27)31-22-42-37(44-31)33-10-8-20-47(33)38(49)35(24(2)3)45-39(50)51-5/h11-18,21-22,24-25,32-33,35,40H,6-10,19-20,23H2,1-5H3,(H,41,43)(H,42,44)(H,45,50)/t25?,32?,33-,35-/m0/s1. The van der Waals surface area contributed by atoms with E-state index in [1.165, 1.54) is 7.11 Å². The smallest absolute Gasteiger partial charge is 0.407 e. The van der Waals surface area contributed by atoms with Gasteiger partial charge in [0.2, 0.25) is 11.8 Å². The fourth-order valence-corrected chi connectivity index (χ4v) is 7.04. The molecule has 2 aromatic heterocycles. The van der Waals surface area contributed by atoms with Gasteiger partial charge in [0.05, 0.1) is 49.5 Å². The van der Waals surface area contributed by atoms with Gasteiger partial charge in [0.25, 0.3) is 0 Å². The molecule has 4 atom stereocenters. The van der Waals surface area contributed by atoms with Crippen LogP contribution in [-0.4, -0.2) is 86.5 Å². The van der Waals surface area contributed by atoms with Gasteiger partial charge in [0.1, 0.15) is 17.7 Å². The summed E-state index contributed by atoms with van der Waals surface area (Å²) in [6.45, 7) is 9.74. The minimum atomic E-state index is -0.673. The number of carbonyl (C=O) groups is 3. The number of aromatic nitrogens is 4. The van der Waals surface area contributed by atoms with Crippen LogP contribution in [0.1, 0.15) is 83.5 Å². The Hall–Kier alpha value is -4.97. The first-order valence-electron chi connectivity index (χ1n) is 18.2. The monoisotopic (exact) mass is 694 g/mol. The molecule has 4 heterocycles. The molecule has 0 aliphatic carbocycles. The Bertz CT molecular complexity index is 1800. The van der Waals surface area contributed by atoms with Gasteiger partial charge in [-0.15, -0.1) is 0 Å². The number of alkyl carbamates (subject to hydrolysis) is 1. The molecule has 0 radical (unpaired) electrons. The SMILES string of the molecule is CCC(C)NCC(=O)N1CCCC1c1ncc(-c2ccc(-c3ccc(-c4cnc([C@@H]5CCCN5C(=O)[C@@H](NC(=O)OC)C(C)C)[nH]4)cc3)cc2)[nH]1. The molecular formula is C39H50N8O4.